The molecular weight excluding hydrogens is 308 g/mol. The molecule has 124 valence electrons. The van der Waals surface area contributed by atoms with Crippen LogP contribution in [0.1, 0.15) is 45.4 Å². The zero-order chi connectivity index (χ0) is 16.4. The van der Waals surface area contributed by atoms with E-state index in [0.717, 1.165) is 35.7 Å². The van der Waals surface area contributed by atoms with Gasteiger partial charge >= 0.3 is 0 Å². The van der Waals surface area contributed by atoms with E-state index in [4.69, 9.17) is 0 Å². The van der Waals surface area contributed by atoms with Crippen molar-refractivity contribution in [1.29, 1.82) is 0 Å². The van der Waals surface area contributed by atoms with E-state index in [1.54, 1.807) is 0 Å². The van der Waals surface area contributed by atoms with Crippen LogP contribution < -0.4 is 5.32 Å². The lowest BCUT2D eigenvalue weighted by Gasteiger charge is -2.05. The highest BCUT2D eigenvalue weighted by atomic mass is 32.1. The predicted molar refractivity (Wildman–Crippen MR) is 91.9 cm³/mol. The van der Waals surface area contributed by atoms with Gasteiger partial charge in [0.1, 0.15) is 0 Å². The topological polar surface area (TPSA) is 59.8 Å². The summed E-state index contributed by atoms with van der Waals surface area (Å²) in [5.41, 5.74) is 4.65. The Morgan fingerprint density at radius 2 is 2.13 bits per heavy atom. The van der Waals surface area contributed by atoms with Gasteiger partial charge in [-0.05, 0) is 45.1 Å². The molecule has 2 aromatic rings. The van der Waals surface area contributed by atoms with E-state index in [2.05, 4.69) is 22.3 Å². The molecule has 5 nitrogen and oxygen atoms in total. The largest absolute Gasteiger partial charge is 0.356 e. The lowest BCUT2D eigenvalue weighted by atomic mass is 10.1. The third-order valence-electron chi connectivity index (χ3n) is 4.56. The van der Waals surface area contributed by atoms with E-state index in [1.807, 2.05) is 30.0 Å². The molecule has 0 saturated heterocycles. The number of hydrogen-bond donors (Lipinski definition) is 1. The summed E-state index contributed by atoms with van der Waals surface area (Å²) in [4.78, 5) is 18.1. The maximum atomic E-state index is 12.0. The van der Waals surface area contributed by atoms with Crippen LogP contribution in [0.3, 0.4) is 0 Å². The number of carbonyl (C=O) groups is 1. The fourth-order valence-electron chi connectivity index (χ4n) is 3.17. The smallest absolute Gasteiger partial charge is 0.220 e. The molecule has 0 bridgehead atoms. The Morgan fingerprint density at radius 3 is 2.83 bits per heavy atom. The summed E-state index contributed by atoms with van der Waals surface area (Å²) in [6.07, 6.45) is 5.67. The molecule has 0 spiro atoms. The number of hydrogen-bond acceptors (Lipinski definition) is 4. The van der Waals surface area contributed by atoms with E-state index in [-0.39, 0.29) is 5.91 Å². The van der Waals surface area contributed by atoms with Crippen molar-refractivity contribution < 1.29 is 4.79 Å². The monoisotopic (exact) mass is 332 g/mol. The van der Waals surface area contributed by atoms with Gasteiger partial charge in [0.2, 0.25) is 5.91 Å². The normalized spacial score (nSPS) is 13.3. The van der Waals surface area contributed by atoms with Gasteiger partial charge in [0.25, 0.3) is 0 Å². The van der Waals surface area contributed by atoms with Gasteiger partial charge in [0.05, 0.1) is 16.4 Å². The van der Waals surface area contributed by atoms with Gasteiger partial charge < -0.3 is 5.32 Å². The van der Waals surface area contributed by atoms with E-state index in [0.29, 0.717) is 13.0 Å². The molecule has 2 aromatic heterocycles. The van der Waals surface area contributed by atoms with Crippen LogP contribution in [0.4, 0.5) is 0 Å². The molecule has 0 fully saturated rings. The van der Waals surface area contributed by atoms with Gasteiger partial charge in [-0.2, -0.15) is 5.10 Å². The van der Waals surface area contributed by atoms with Crippen LogP contribution in [0, 0.1) is 13.8 Å². The number of carbonyl (C=O) groups excluding carboxylic acids is 1. The molecule has 0 atom stereocenters. The number of thiazole rings is 1. The second kappa shape index (κ2) is 6.83. The quantitative estimate of drug-likeness (QED) is 0.883. The zero-order valence-electron chi connectivity index (χ0n) is 14.1. The van der Waals surface area contributed by atoms with Crippen molar-refractivity contribution in [2.45, 2.75) is 52.4 Å². The summed E-state index contributed by atoms with van der Waals surface area (Å²) in [5.74, 6) is 0.108. The highest BCUT2D eigenvalue weighted by molar-refractivity contribution is 7.11. The van der Waals surface area contributed by atoms with Crippen LogP contribution in [0.5, 0.6) is 0 Å². The van der Waals surface area contributed by atoms with Gasteiger partial charge in [-0.15, -0.1) is 11.3 Å². The molecule has 0 aliphatic heterocycles. The summed E-state index contributed by atoms with van der Waals surface area (Å²) in [6.45, 7) is 4.73. The van der Waals surface area contributed by atoms with Crippen molar-refractivity contribution in [3.63, 3.8) is 0 Å². The van der Waals surface area contributed by atoms with Crippen LogP contribution in [0.25, 0.3) is 0 Å². The first-order valence-corrected chi connectivity index (χ1v) is 9.09. The Balaban J connectivity index is 1.42. The van der Waals surface area contributed by atoms with Gasteiger partial charge in [0, 0.05) is 37.0 Å². The van der Waals surface area contributed by atoms with E-state index >= 15 is 0 Å². The summed E-state index contributed by atoms with van der Waals surface area (Å²) < 4.78 is 1.88. The van der Waals surface area contributed by atoms with Crippen LogP contribution in [-0.2, 0) is 37.5 Å². The van der Waals surface area contributed by atoms with Gasteiger partial charge in [0.15, 0.2) is 0 Å². The third-order valence-corrected chi connectivity index (χ3v) is 5.78. The van der Waals surface area contributed by atoms with Gasteiger partial charge in [-0.25, -0.2) is 4.98 Å². The summed E-state index contributed by atoms with van der Waals surface area (Å²) in [7, 11) is 1.94. The molecule has 23 heavy (non-hydrogen) atoms. The highest BCUT2D eigenvalue weighted by Gasteiger charge is 2.16. The fourth-order valence-corrected chi connectivity index (χ4v) is 4.32. The lowest BCUT2D eigenvalue weighted by Crippen LogP contribution is -2.26. The standard InChI is InChI=1S/C17H24N4OS/c1-11-13(12(2)21(3)20-11)7-8-16(22)18-10-9-17-19-14-5-4-6-15(14)23-17/h4-10H2,1-3H3,(H,18,22). The number of nitrogens with zero attached hydrogens (tertiary/aromatic N) is 3. The SMILES string of the molecule is Cc1nn(C)c(C)c1CCC(=O)NCCc1nc2c(s1)CCC2. The Morgan fingerprint density at radius 1 is 1.30 bits per heavy atom. The molecule has 6 heteroatoms. The number of rotatable bonds is 6. The number of nitrogens with one attached hydrogen (secondary N) is 1. The molecule has 1 aliphatic rings. The molecule has 0 saturated carbocycles. The molecule has 2 heterocycles. The van der Waals surface area contributed by atoms with Gasteiger partial charge in [-0.3, -0.25) is 9.48 Å². The Kier molecular flexibility index (Phi) is 4.80. The molecule has 0 unspecified atom stereocenters. The minimum Gasteiger partial charge on any atom is -0.356 e. The van der Waals surface area contributed by atoms with E-state index < -0.39 is 0 Å². The average Bonchev–Trinajstić information content (AvgIpc) is 3.13. The van der Waals surface area contributed by atoms with Crippen LogP contribution in [0.2, 0.25) is 0 Å². The van der Waals surface area contributed by atoms with Crippen molar-refractivity contribution in [3.8, 4) is 0 Å². The van der Waals surface area contributed by atoms with Crippen molar-refractivity contribution in [2.24, 2.45) is 7.05 Å². The second-order valence-electron chi connectivity index (χ2n) is 6.20. The third kappa shape index (κ3) is 3.63. The molecule has 0 aromatic carbocycles. The van der Waals surface area contributed by atoms with Crippen LogP contribution >= 0.6 is 11.3 Å². The minimum absolute atomic E-state index is 0.108. The maximum absolute atomic E-state index is 12.0. The second-order valence-corrected chi connectivity index (χ2v) is 7.37. The van der Waals surface area contributed by atoms with Gasteiger partial charge in [-0.1, -0.05) is 0 Å². The number of fused-ring (bicyclic) bond motifs is 1. The lowest BCUT2D eigenvalue weighted by molar-refractivity contribution is -0.121. The van der Waals surface area contributed by atoms with E-state index in [1.165, 1.54) is 29.0 Å². The number of aromatic nitrogens is 3. The first-order chi connectivity index (χ1) is 11.0. The Bertz CT molecular complexity index is 695. The molecule has 3 rings (SSSR count). The fraction of sp³-hybridized carbons (Fsp3) is 0.588. The molecule has 1 amide bonds. The summed E-state index contributed by atoms with van der Waals surface area (Å²) in [6, 6.07) is 0. The highest BCUT2D eigenvalue weighted by Crippen LogP contribution is 2.27. The maximum Gasteiger partial charge on any atom is 0.220 e. The van der Waals surface area contributed by atoms with Crippen molar-refractivity contribution in [1.82, 2.24) is 20.1 Å². The predicted octanol–water partition coefficient (Wildman–Crippen LogP) is 2.27. The van der Waals surface area contributed by atoms with Crippen molar-refractivity contribution in [3.05, 3.63) is 32.5 Å². The molecule has 0 radical (unpaired) electrons. The number of amides is 1. The van der Waals surface area contributed by atoms with Crippen LogP contribution in [-0.4, -0.2) is 27.2 Å². The summed E-state index contributed by atoms with van der Waals surface area (Å²) >= 11 is 1.82. The average molecular weight is 332 g/mol. The van der Waals surface area contributed by atoms with Crippen molar-refractivity contribution in [2.75, 3.05) is 6.54 Å². The first-order valence-electron chi connectivity index (χ1n) is 8.28. The summed E-state index contributed by atoms with van der Waals surface area (Å²) in [5, 5.41) is 8.57. The van der Waals surface area contributed by atoms with Crippen LogP contribution in [0.15, 0.2) is 0 Å². The Labute approximate surface area is 141 Å². The molecule has 1 aliphatic carbocycles. The zero-order valence-corrected chi connectivity index (χ0v) is 14.9. The van der Waals surface area contributed by atoms with Crippen molar-refractivity contribution >= 4 is 17.2 Å². The number of aryl methyl sites for hydroxylation is 4. The minimum atomic E-state index is 0.108. The Hall–Kier alpha value is -1.69. The molecular formula is C17H24N4OS. The molecule has 1 N–H and O–H groups in total. The first kappa shape index (κ1) is 16.2. The van der Waals surface area contributed by atoms with E-state index in [9.17, 15) is 4.79 Å².